The van der Waals surface area contributed by atoms with Gasteiger partial charge in [-0.1, -0.05) is 29.8 Å². The highest BCUT2D eigenvalue weighted by atomic mass is 35.5. The molecule has 0 spiro atoms. The first-order chi connectivity index (χ1) is 7.77. The highest BCUT2D eigenvalue weighted by molar-refractivity contribution is 6.31. The molecule has 2 nitrogen and oxygen atoms in total. The van der Waals surface area contributed by atoms with Gasteiger partial charge in [0, 0.05) is 17.8 Å². The van der Waals surface area contributed by atoms with Gasteiger partial charge in [0.05, 0.1) is 0 Å². The molecule has 82 valence electrons. The third kappa shape index (κ3) is 2.49. The van der Waals surface area contributed by atoms with Crippen molar-refractivity contribution in [2.75, 3.05) is 5.32 Å². The number of hydrogen-bond donors (Lipinski definition) is 1. The predicted octanol–water partition coefficient (Wildman–Crippen LogP) is 3.49. The minimum Gasteiger partial charge on any atom is -0.364 e. The van der Waals surface area contributed by atoms with E-state index in [1.165, 1.54) is 12.3 Å². The maximum atomic E-state index is 13.2. The molecule has 1 heterocycles. The second-order valence-electron chi connectivity index (χ2n) is 3.28. The molecule has 0 saturated carbocycles. The molecule has 1 aromatic carbocycles. The van der Waals surface area contributed by atoms with Crippen LogP contribution in [0.4, 0.5) is 10.2 Å². The lowest BCUT2D eigenvalue weighted by atomic mass is 10.2. The second-order valence-corrected chi connectivity index (χ2v) is 3.69. The zero-order chi connectivity index (χ0) is 11.4. The summed E-state index contributed by atoms with van der Waals surface area (Å²) < 4.78 is 13.2. The minimum absolute atomic E-state index is 0.238. The van der Waals surface area contributed by atoms with Crippen LogP contribution in [0.15, 0.2) is 42.6 Å². The average Bonchev–Trinajstić information content (AvgIpc) is 2.30. The number of rotatable bonds is 3. The molecular formula is C12H10ClFN2. The van der Waals surface area contributed by atoms with Gasteiger partial charge in [-0.2, -0.15) is 0 Å². The van der Waals surface area contributed by atoms with Crippen LogP contribution in [0, 0.1) is 5.82 Å². The Balaban J connectivity index is 2.09. The SMILES string of the molecule is Fc1cccnc1NCc1ccccc1Cl. The Morgan fingerprint density at radius 2 is 2.00 bits per heavy atom. The van der Waals surface area contributed by atoms with Crippen molar-refractivity contribution in [3.63, 3.8) is 0 Å². The predicted molar refractivity (Wildman–Crippen MR) is 63.0 cm³/mol. The van der Waals surface area contributed by atoms with Gasteiger partial charge in [0.1, 0.15) is 0 Å². The van der Waals surface area contributed by atoms with Gasteiger partial charge < -0.3 is 5.32 Å². The third-order valence-corrected chi connectivity index (χ3v) is 2.53. The standard InChI is InChI=1S/C12H10ClFN2/c13-10-5-2-1-4-9(10)8-16-12-11(14)6-3-7-15-12/h1-7H,8H2,(H,15,16). The molecule has 0 bridgehead atoms. The van der Waals surface area contributed by atoms with Crippen molar-refractivity contribution in [2.45, 2.75) is 6.54 Å². The molecule has 0 amide bonds. The summed E-state index contributed by atoms with van der Waals surface area (Å²) in [6.45, 7) is 0.452. The maximum Gasteiger partial charge on any atom is 0.165 e. The lowest BCUT2D eigenvalue weighted by molar-refractivity contribution is 0.624. The summed E-state index contributed by atoms with van der Waals surface area (Å²) in [6.07, 6.45) is 1.54. The van der Waals surface area contributed by atoms with E-state index in [9.17, 15) is 4.39 Å². The highest BCUT2D eigenvalue weighted by Crippen LogP contribution is 2.17. The van der Waals surface area contributed by atoms with Crippen molar-refractivity contribution >= 4 is 17.4 Å². The molecule has 0 radical (unpaired) electrons. The van der Waals surface area contributed by atoms with Crippen LogP contribution in [-0.4, -0.2) is 4.98 Å². The molecule has 0 atom stereocenters. The summed E-state index contributed by atoms with van der Waals surface area (Å²) in [5, 5.41) is 3.56. The number of pyridine rings is 1. The van der Waals surface area contributed by atoms with Crippen LogP contribution >= 0.6 is 11.6 Å². The molecule has 0 aliphatic carbocycles. The number of nitrogens with zero attached hydrogens (tertiary/aromatic N) is 1. The van der Waals surface area contributed by atoms with Crippen LogP contribution in [0.5, 0.6) is 0 Å². The maximum absolute atomic E-state index is 13.2. The molecule has 0 saturated heterocycles. The molecule has 0 fully saturated rings. The molecule has 1 aromatic heterocycles. The van der Waals surface area contributed by atoms with E-state index in [1.807, 2.05) is 18.2 Å². The summed E-state index contributed by atoms with van der Waals surface area (Å²) in [5.74, 6) is -0.128. The van der Waals surface area contributed by atoms with Crippen LogP contribution < -0.4 is 5.32 Å². The van der Waals surface area contributed by atoms with Crippen molar-refractivity contribution in [2.24, 2.45) is 0 Å². The number of anilines is 1. The fourth-order valence-corrected chi connectivity index (χ4v) is 1.54. The fourth-order valence-electron chi connectivity index (χ4n) is 1.34. The zero-order valence-corrected chi connectivity index (χ0v) is 9.21. The van der Waals surface area contributed by atoms with Crippen molar-refractivity contribution in [1.29, 1.82) is 0 Å². The van der Waals surface area contributed by atoms with Gasteiger partial charge >= 0.3 is 0 Å². The molecule has 16 heavy (non-hydrogen) atoms. The van der Waals surface area contributed by atoms with Crippen molar-refractivity contribution in [3.8, 4) is 0 Å². The first-order valence-electron chi connectivity index (χ1n) is 4.85. The van der Waals surface area contributed by atoms with Crippen LogP contribution in [-0.2, 0) is 6.54 Å². The minimum atomic E-state index is -0.366. The number of benzene rings is 1. The summed E-state index contributed by atoms with van der Waals surface area (Å²) in [4.78, 5) is 3.89. The first-order valence-corrected chi connectivity index (χ1v) is 5.23. The van der Waals surface area contributed by atoms with Crippen molar-refractivity contribution in [1.82, 2.24) is 4.98 Å². The Morgan fingerprint density at radius 3 is 2.75 bits per heavy atom. The van der Waals surface area contributed by atoms with Crippen molar-refractivity contribution in [3.05, 3.63) is 59.0 Å². The number of halogens is 2. The highest BCUT2D eigenvalue weighted by Gasteiger charge is 2.03. The average molecular weight is 237 g/mol. The Bertz CT molecular complexity index is 442. The number of hydrogen-bond acceptors (Lipinski definition) is 2. The first kappa shape index (κ1) is 10.9. The second kappa shape index (κ2) is 4.94. The van der Waals surface area contributed by atoms with Gasteiger partial charge in [0.2, 0.25) is 0 Å². The van der Waals surface area contributed by atoms with E-state index in [-0.39, 0.29) is 11.6 Å². The van der Waals surface area contributed by atoms with Gasteiger partial charge in [-0.25, -0.2) is 9.37 Å². The lowest BCUT2D eigenvalue weighted by Gasteiger charge is -2.07. The van der Waals surface area contributed by atoms with Gasteiger partial charge in [-0.15, -0.1) is 0 Å². The van der Waals surface area contributed by atoms with Gasteiger partial charge in [0.25, 0.3) is 0 Å². The number of aromatic nitrogens is 1. The summed E-state index contributed by atoms with van der Waals surface area (Å²) in [7, 11) is 0. The fraction of sp³-hybridized carbons (Fsp3) is 0.0833. The zero-order valence-electron chi connectivity index (χ0n) is 8.45. The van der Waals surface area contributed by atoms with E-state index in [4.69, 9.17) is 11.6 Å². The van der Waals surface area contributed by atoms with E-state index >= 15 is 0 Å². The molecule has 4 heteroatoms. The lowest BCUT2D eigenvalue weighted by Crippen LogP contribution is -2.03. The Hall–Kier alpha value is -1.61. The monoisotopic (exact) mass is 236 g/mol. The molecule has 0 aliphatic rings. The molecular weight excluding hydrogens is 227 g/mol. The van der Waals surface area contributed by atoms with E-state index in [1.54, 1.807) is 12.1 Å². The molecule has 2 rings (SSSR count). The number of nitrogens with one attached hydrogen (secondary N) is 1. The van der Waals surface area contributed by atoms with E-state index in [2.05, 4.69) is 10.3 Å². The summed E-state index contributed by atoms with van der Waals surface area (Å²) in [6, 6.07) is 10.3. The van der Waals surface area contributed by atoms with E-state index in [0.717, 1.165) is 5.56 Å². The third-order valence-electron chi connectivity index (χ3n) is 2.16. The quantitative estimate of drug-likeness (QED) is 0.883. The van der Waals surface area contributed by atoms with Crippen LogP contribution in [0.1, 0.15) is 5.56 Å². The van der Waals surface area contributed by atoms with Crippen LogP contribution in [0.25, 0.3) is 0 Å². The topological polar surface area (TPSA) is 24.9 Å². The van der Waals surface area contributed by atoms with Crippen LogP contribution in [0.3, 0.4) is 0 Å². The Kier molecular flexibility index (Phi) is 3.37. The molecule has 2 aromatic rings. The van der Waals surface area contributed by atoms with Gasteiger partial charge in [-0.05, 0) is 23.8 Å². The van der Waals surface area contributed by atoms with Gasteiger partial charge in [0.15, 0.2) is 11.6 Å². The van der Waals surface area contributed by atoms with Gasteiger partial charge in [-0.3, -0.25) is 0 Å². The van der Waals surface area contributed by atoms with E-state index in [0.29, 0.717) is 11.6 Å². The van der Waals surface area contributed by atoms with Crippen LogP contribution in [0.2, 0.25) is 5.02 Å². The largest absolute Gasteiger partial charge is 0.364 e. The Morgan fingerprint density at radius 1 is 1.19 bits per heavy atom. The molecule has 0 aliphatic heterocycles. The normalized spacial score (nSPS) is 10.1. The molecule has 1 N–H and O–H groups in total. The van der Waals surface area contributed by atoms with Crippen molar-refractivity contribution < 1.29 is 4.39 Å². The smallest absolute Gasteiger partial charge is 0.165 e. The Labute approximate surface area is 98.1 Å². The summed E-state index contributed by atoms with van der Waals surface area (Å²) in [5.41, 5.74) is 0.911. The van der Waals surface area contributed by atoms with E-state index < -0.39 is 0 Å². The summed E-state index contributed by atoms with van der Waals surface area (Å²) >= 11 is 5.98. The molecule has 0 unspecified atom stereocenters.